The Morgan fingerprint density at radius 2 is 1.52 bits per heavy atom. The fraction of sp³-hybridized carbons (Fsp3) is 0.129. The van der Waals surface area contributed by atoms with E-state index in [9.17, 15) is 14.4 Å². The van der Waals surface area contributed by atoms with Gasteiger partial charge in [0.15, 0.2) is 6.17 Å². The molecule has 9 heteroatoms. The molecule has 1 aliphatic rings. The molecule has 0 radical (unpaired) electrons. The number of fused-ring (bicyclic) bond motifs is 2. The van der Waals surface area contributed by atoms with Crippen molar-refractivity contribution in [1.82, 2.24) is 25.2 Å². The summed E-state index contributed by atoms with van der Waals surface area (Å²) < 4.78 is 6.99. The molecule has 0 saturated heterocycles. The Morgan fingerprint density at radius 3 is 2.25 bits per heavy atom. The number of nitrogens with one attached hydrogen (secondary N) is 1. The first-order valence-electron chi connectivity index (χ1n) is 12.8. The summed E-state index contributed by atoms with van der Waals surface area (Å²) in [4.78, 5) is 42.2. The zero-order valence-electron chi connectivity index (χ0n) is 21.6. The fourth-order valence-corrected chi connectivity index (χ4v) is 5.04. The van der Waals surface area contributed by atoms with Crippen LogP contribution in [-0.2, 0) is 11.2 Å². The molecule has 6 rings (SSSR count). The summed E-state index contributed by atoms with van der Waals surface area (Å²) in [5.41, 5.74) is 3.44. The minimum absolute atomic E-state index is 0.0914. The molecule has 5 aromatic rings. The van der Waals surface area contributed by atoms with Crippen LogP contribution in [0.15, 0.2) is 103 Å². The molecule has 1 unspecified atom stereocenters. The minimum Gasteiger partial charge on any atom is -0.497 e. The highest BCUT2D eigenvalue weighted by atomic mass is 16.5. The van der Waals surface area contributed by atoms with Crippen LogP contribution < -0.4 is 10.1 Å². The van der Waals surface area contributed by atoms with E-state index in [4.69, 9.17) is 4.74 Å². The molecule has 2 heterocycles. The van der Waals surface area contributed by atoms with E-state index < -0.39 is 29.9 Å². The van der Waals surface area contributed by atoms with Crippen LogP contribution in [0.4, 0.5) is 0 Å². The van der Waals surface area contributed by atoms with Gasteiger partial charge in [0.2, 0.25) is 5.91 Å². The molecule has 4 aromatic carbocycles. The Bertz CT molecular complexity index is 1700. The lowest BCUT2D eigenvalue weighted by Gasteiger charge is -2.28. The number of ether oxygens (including phenoxy) is 1. The standard InChI is InChI=1S/C31H25N5O4/c1-40-22-13-9-10-20(18-22)19-27(35-30(38)23-14-5-6-15-24(23)31(35)39)29(37)32-28(21-11-3-2-4-12-21)36-26-17-8-7-16-25(26)33-34-36/h2-18,27-28H,19H2,1H3,(H,32,37)/t27-,28?/m0/s1. The summed E-state index contributed by atoms with van der Waals surface area (Å²) in [5, 5.41) is 11.7. The third-order valence-corrected chi connectivity index (χ3v) is 7.02. The topological polar surface area (TPSA) is 106 Å². The Morgan fingerprint density at radius 1 is 0.850 bits per heavy atom. The van der Waals surface area contributed by atoms with Gasteiger partial charge in [0, 0.05) is 6.42 Å². The number of nitrogens with zero attached hydrogens (tertiary/aromatic N) is 4. The van der Waals surface area contributed by atoms with Crippen molar-refractivity contribution in [3.8, 4) is 5.75 Å². The second-order valence-electron chi connectivity index (χ2n) is 9.44. The summed E-state index contributed by atoms with van der Waals surface area (Å²) in [6.07, 6.45) is -0.655. The monoisotopic (exact) mass is 531 g/mol. The van der Waals surface area contributed by atoms with Gasteiger partial charge in [-0.25, -0.2) is 4.68 Å². The zero-order valence-corrected chi connectivity index (χ0v) is 21.6. The van der Waals surface area contributed by atoms with Crippen LogP contribution in [0.3, 0.4) is 0 Å². The first-order chi connectivity index (χ1) is 19.5. The molecule has 198 valence electrons. The molecule has 2 atom stereocenters. The number of hydrogen-bond acceptors (Lipinski definition) is 6. The predicted molar refractivity (Wildman–Crippen MR) is 148 cm³/mol. The molecule has 40 heavy (non-hydrogen) atoms. The second kappa shape index (κ2) is 10.5. The van der Waals surface area contributed by atoms with Crippen LogP contribution in [0.5, 0.6) is 5.75 Å². The van der Waals surface area contributed by atoms with Gasteiger partial charge < -0.3 is 10.1 Å². The molecular formula is C31H25N5O4. The second-order valence-corrected chi connectivity index (χ2v) is 9.44. The van der Waals surface area contributed by atoms with Crippen LogP contribution in [0, 0.1) is 0 Å². The lowest BCUT2D eigenvalue weighted by Crippen LogP contribution is -2.52. The number of methoxy groups -OCH3 is 1. The number of rotatable bonds is 8. The SMILES string of the molecule is COc1cccc(C[C@@H](C(=O)NC(c2ccccc2)n2nnc3ccccc32)N2C(=O)c3ccccc3C2=O)c1. The fourth-order valence-electron chi connectivity index (χ4n) is 5.04. The Hall–Kier alpha value is -5.31. The van der Waals surface area contributed by atoms with Crippen LogP contribution in [0.2, 0.25) is 0 Å². The molecule has 0 fully saturated rings. The molecule has 9 nitrogen and oxygen atoms in total. The van der Waals surface area contributed by atoms with Crippen LogP contribution >= 0.6 is 0 Å². The number of carbonyl (C=O) groups excluding carboxylic acids is 3. The quantitative estimate of drug-likeness (QED) is 0.303. The minimum atomic E-state index is -1.14. The van der Waals surface area contributed by atoms with Gasteiger partial charge in [-0.1, -0.05) is 71.9 Å². The lowest BCUT2D eigenvalue weighted by molar-refractivity contribution is -0.126. The average Bonchev–Trinajstić information content (AvgIpc) is 3.54. The summed E-state index contributed by atoms with van der Waals surface area (Å²) in [6, 6.07) is 29.5. The smallest absolute Gasteiger partial charge is 0.262 e. The number of para-hydroxylation sites is 1. The van der Waals surface area contributed by atoms with E-state index in [-0.39, 0.29) is 17.5 Å². The van der Waals surface area contributed by atoms with Crippen LogP contribution in [0.1, 0.15) is 38.0 Å². The van der Waals surface area contributed by atoms with E-state index >= 15 is 0 Å². The van der Waals surface area contributed by atoms with Gasteiger partial charge in [-0.15, -0.1) is 5.10 Å². The number of aromatic nitrogens is 3. The predicted octanol–water partition coefficient (Wildman–Crippen LogP) is 4.01. The highest BCUT2D eigenvalue weighted by Crippen LogP contribution is 2.28. The van der Waals surface area contributed by atoms with Gasteiger partial charge >= 0.3 is 0 Å². The summed E-state index contributed by atoms with van der Waals surface area (Å²) >= 11 is 0. The van der Waals surface area contributed by atoms with Crippen molar-refractivity contribution in [3.63, 3.8) is 0 Å². The molecule has 1 aliphatic heterocycles. The summed E-state index contributed by atoms with van der Waals surface area (Å²) in [6.45, 7) is 0. The lowest BCUT2D eigenvalue weighted by atomic mass is 10.0. The number of hydrogen-bond donors (Lipinski definition) is 1. The van der Waals surface area contributed by atoms with Crippen molar-refractivity contribution in [1.29, 1.82) is 0 Å². The first-order valence-corrected chi connectivity index (χ1v) is 12.8. The molecule has 0 aliphatic carbocycles. The maximum atomic E-state index is 14.2. The molecule has 3 amide bonds. The Labute approximate surface area is 230 Å². The van der Waals surface area contributed by atoms with Crippen molar-refractivity contribution in [2.24, 2.45) is 0 Å². The van der Waals surface area contributed by atoms with E-state index in [1.165, 1.54) is 0 Å². The van der Waals surface area contributed by atoms with E-state index in [0.717, 1.165) is 21.5 Å². The van der Waals surface area contributed by atoms with Gasteiger partial charge in [-0.3, -0.25) is 19.3 Å². The first kappa shape index (κ1) is 25.0. The normalized spacial score (nSPS) is 14.2. The Kier molecular flexibility index (Phi) is 6.53. The molecular weight excluding hydrogens is 506 g/mol. The Balaban J connectivity index is 1.41. The largest absolute Gasteiger partial charge is 0.497 e. The van der Waals surface area contributed by atoms with E-state index in [1.807, 2.05) is 60.7 Å². The van der Waals surface area contributed by atoms with Gasteiger partial charge in [-0.2, -0.15) is 0 Å². The molecule has 0 saturated carbocycles. The van der Waals surface area contributed by atoms with Crippen molar-refractivity contribution in [2.45, 2.75) is 18.6 Å². The molecule has 1 aromatic heterocycles. The van der Waals surface area contributed by atoms with Gasteiger partial charge in [0.05, 0.1) is 23.8 Å². The molecule has 0 spiro atoms. The number of imide groups is 1. The summed E-state index contributed by atoms with van der Waals surface area (Å²) in [7, 11) is 1.56. The maximum Gasteiger partial charge on any atom is 0.262 e. The van der Waals surface area contributed by atoms with E-state index in [0.29, 0.717) is 11.3 Å². The maximum absolute atomic E-state index is 14.2. The van der Waals surface area contributed by atoms with E-state index in [2.05, 4.69) is 15.6 Å². The van der Waals surface area contributed by atoms with Gasteiger partial charge in [0.1, 0.15) is 17.3 Å². The molecule has 0 bridgehead atoms. The van der Waals surface area contributed by atoms with Crippen molar-refractivity contribution in [2.75, 3.05) is 7.11 Å². The van der Waals surface area contributed by atoms with Crippen molar-refractivity contribution >= 4 is 28.8 Å². The third kappa shape index (κ3) is 4.47. The highest BCUT2D eigenvalue weighted by Gasteiger charge is 2.43. The van der Waals surface area contributed by atoms with Gasteiger partial charge in [0.25, 0.3) is 11.8 Å². The van der Waals surface area contributed by atoms with Gasteiger partial charge in [-0.05, 0) is 47.5 Å². The highest BCUT2D eigenvalue weighted by molar-refractivity contribution is 6.22. The molecule has 1 N–H and O–H groups in total. The van der Waals surface area contributed by atoms with Crippen molar-refractivity contribution < 1.29 is 19.1 Å². The average molecular weight is 532 g/mol. The third-order valence-electron chi connectivity index (χ3n) is 7.02. The van der Waals surface area contributed by atoms with E-state index in [1.54, 1.807) is 54.3 Å². The zero-order chi connectivity index (χ0) is 27.6. The number of amides is 3. The number of carbonyl (C=O) groups is 3. The van der Waals surface area contributed by atoms with Crippen molar-refractivity contribution in [3.05, 3.63) is 125 Å². The number of benzene rings is 4. The van der Waals surface area contributed by atoms with Crippen LogP contribution in [-0.4, -0.2) is 50.8 Å². The summed E-state index contributed by atoms with van der Waals surface area (Å²) in [5.74, 6) is -0.918. The van der Waals surface area contributed by atoms with Crippen LogP contribution in [0.25, 0.3) is 11.0 Å².